The molecule has 0 aliphatic carbocycles. The van der Waals surface area contributed by atoms with Crippen molar-refractivity contribution in [3.63, 3.8) is 0 Å². The van der Waals surface area contributed by atoms with Crippen LogP contribution in [0.3, 0.4) is 0 Å². The van der Waals surface area contributed by atoms with E-state index in [4.69, 9.17) is 0 Å². The number of fused-ring (bicyclic) bond motifs is 1. The number of halogens is 2. The van der Waals surface area contributed by atoms with Gasteiger partial charge in [-0.3, -0.25) is 4.79 Å². The summed E-state index contributed by atoms with van der Waals surface area (Å²) in [5.41, 5.74) is 1.81. The van der Waals surface area contributed by atoms with Crippen LogP contribution in [0.5, 0.6) is 0 Å². The van der Waals surface area contributed by atoms with Crippen molar-refractivity contribution >= 4 is 11.6 Å². The Morgan fingerprint density at radius 1 is 1.05 bits per heavy atom. The molecule has 1 heterocycles. The third-order valence-corrected chi connectivity index (χ3v) is 3.61. The Bertz CT molecular complexity index is 667. The third kappa shape index (κ3) is 2.78. The number of anilines is 1. The van der Waals surface area contributed by atoms with Crippen molar-refractivity contribution in [2.24, 2.45) is 0 Å². The molecule has 1 amide bonds. The van der Waals surface area contributed by atoms with Crippen molar-refractivity contribution in [1.29, 1.82) is 0 Å². The van der Waals surface area contributed by atoms with E-state index in [0.717, 1.165) is 23.3 Å². The molecule has 0 saturated heterocycles. The van der Waals surface area contributed by atoms with Crippen molar-refractivity contribution in [2.45, 2.75) is 19.0 Å². The SMILES string of the molecule is O=C(Nc1c(F)cccc1F)[C@H]1Cc2ccccc2CN1. The van der Waals surface area contributed by atoms with Gasteiger partial charge in [-0.05, 0) is 29.7 Å². The molecule has 3 nitrogen and oxygen atoms in total. The van der Waals surface area contributed by atoms with E-state index >= 15 is 0 Å². The smallest absolute Gasteiger partial charge is 0.242 e. The number of nitrogens with one attached hydrogen (secondary N) is 2. The maximum atomic E-state index is 13.5. The highest BCUT2D eigenvalue weighted by atomic mass is 19.1. The fourth-order valence-electron chi connectivity index (χ4n) is 2.47. The van der Waals surface area contributed by atoms with Crippen LogP contribution in [0.25, 0.3) is 0 Å². The lowest BCUT2D eigenvalue weighted by Gasteiger charge is -2.25. The van der Waals surface area contributed by atoms with Gasteiger partial charge >= 0.3 is 0 Å². The Morgan fingerprint density at radius 2 is 1.71 bits per heavy atom. The van der Waals surface area contributed by atoms with Gasteiger partial charge in [0, 0.05) is 6.54 Å². The third-order valence-electron chi connectivity index (χ3n) is 3.61. The molecule has 0 spiro atoms. The van der Waals surface area contributed by atoms with Crippen LogP contribution in [-0.2, 0) is 17.8 Å². The molecule has 5 heteroatoms. The van der Waals surface area contributed by atoms with Crippen LogP contribution < -0.4 is 10.6 Å². The van der Waals surface area contributed by atoms with Gasteiger partial charge in [-0.2, -0.15) is 0 Å². The summed E-state index contributed by atoms with van der Waals surface area (Å²) in [5.74, 6) is -1.99. The second-order valence-corrected chi connectivity index (χ2v) is 4.99. The van der Waals surface area contributed by atoms with E-state index in [2.05, 4.69) is 10.6 Å². The molecule has 2 aromatic rings. The van der Waals surface area contributed by atoms with E-state index in [-0.39, 0.29) is 0 Å². The molecule has 0 bridgehead atoms. The highest BCUT2D eigenvalue weighted by Crippen LogP contribution is 2.20. The van der Waals surface area contributed by atoms with Gasteiger partial charge in [-0.1, -0.05) is 30.3 Å². The molecule has 1 aliphatic rings. The van der Waals surface area contributed by atoms with Crippen molar-refractivity contribution in [3.05, 3.63) is 65.2 Å². The highest BCUT2D eigenvalue weighted by molar-refractivity contribution is 5.95. The summed E-state index contributed by atoms with van der Waals surface area (Å²) in [6, 6.07) is 10.8. The molecule has 1 aliphatic heterocycles. The van der Waals surface area contributed by atoms with Crippen LogP contribution in [0.15, 0.2) is 42.5 Å². The molecule has 2 aromatic carbocycles. The van der Waals surface area contributed by atoms with Gasteiger partial charge in [-0.15, -0.1) is 0 Å². The molecule has 3 rings (SSSR count). The standard InChI is InChI=1S/C16H14F2N2O/c17-12-6-3-7-13(18)15(12)20-16(21)14-8-10-4-1-2-5-11(10)9-19-14/h1-7,14,19H,8-9H2,(H,20,21)/t14-/m1/s1. The normalized spacial score (nSPS) is 17.1. The molecule has 108 valence electrons. The van der Waals surface area contributed by atoms with Crippen molar-refractivity contribution in [2.75, 3.05) is 5.32 Å². The van der Waals surface area contributed by atoms with E-state index in [0.29, 0.717) is 13.0 Å². The Morgan fingerprint density at radius 3 is 2.43 bits per heavy atom. The summed E-state index contributed by atoms with van der Waals surface area (Å²) in [6.45, 7) is 0.564. The van der Waals surface area contributed by atoms with Crippen LogP contribution in [0, 0.1) is 11.6 Å². The van der Waals surface area contributed by atoms with Crippen molar-refractivity contribution < 1.29 is 13.6 Å². The maximum Gasteiger partial charge on any atom is 0.242 e. The first-order valence-corrected chi connectivity index (χ1v) is 6.70. The Labute approximate surface area is 121 Å². The van der Waals surface area contributed by atoms with Crippen LogP contribution in [0.4, 0.5) is 14.5 Å². The summed E-state index contributed by atoms with van der Waals surface area (Å²) < 4.78 is 27.1. The number of carbonyl (C=O) groups is 1. The molecule has 0 saturated carbocycles. The maximum absolute atomic E-state index is 13.5. The zero-order chi connectivity index (χ0) is 14.8. The molecule has 0 fully saturated rings. The van der Waals surface area contributed by atoms with Gasteiger partial charge < -0.3 is 10.6 Å². The molecule has 0 radical (unpaired) electrons. The minimum Gasteiger partial charge on any atom is -0.320 e. The fourth-order valence-corrected chi connectivity index (χ4v) is 2.47. The first kappa shape index (κ1) is 13.7. The van der Waals surface area contributed by atoms with E-state index in [1.165, 1.54) is 6.07 Å². The van der Waals surface area contributed by atoms with E-state index in [1.54, 1.807) is 0 Å². The molecular formula is C16H14F2N2O. The second-order valence-electron chi connectivity index (χ2n) is 4.99. The Hall–Kier alpha value is -2.27. The monoisotopic (exact) mass is 288 g/mol. The number of para-hydroxylation sites is 1. The summed E-state index contributed by atoms with van der Waals surface area (Å²) in [6.07, 6.45) is 0.498. The topological polar surface area (TPSA) is 41.1 Å². The lowest BCUT2D eigenvalue weighted by Crippen LogP contribution is -2.44. The quantitative estimate of drug-likeness (QED) is 0.892. The zero-order valence-electron chi connectivity index (χ0n) is 11.2. The average molecular weight is 288 g/mol. The highest BCUT2D eigenvalue weighted by Gasteiger charge is 2.25. The summed E-state index contributed by atoms with van der Waals surface area (Å²) in [5, 5.41) is 5.40. The van der Waals surface area contributed by atoms with Crippen LogP contribution in [0.2, 0.25) is 0 Å². The van der Waals surface area contributed by atoms with E-state index in [1.807, 2.05) is 24.3 Å². The molecule has 0 aromatic heterocycles. The van der Waals surface area contributed by atoms with Gasteiger partial charge in [0.15, 0.2) is 0 Å². The predicted octanol–water partition coefficient (Wildman–Crippen LogP) is 2.62. The number of amides is 1. The first-order chi connectivity index (χ1) is 10.1. The van der Waals surface area contributed by atoms with Gasteiger partial charge in [0.1, 0.15) is 17.3 Å². The van der Waals surface area contributed by atoms with Gasteiger partial charge in [0.05, 0.1) is 6.04 Å². The van der Waals surface area contributed by atoms with Crippen LogP contribution >= 0.6 is 0 Å². The minimum absolute atomic E-state index is 0.400. The predicted molar refractivity (Wildman–Crippen MR) is 75.8 cm³/mol. The van der Waals surface area contributed by atoms with Crippen LogP contribution in [-0.4, -0.2) is 11.9 Å². The van der Waals surface area contributed by atoms with Gasteiger partial charge in [0.25, 0.3) is 0 Å². The largest absolute Gasteiger partial charge is 0.320 e. The number of carbonyl (C=O) groups excluding carboxylic acids is 1. The number of benzene rings is 2. The van der Waals surface area contributed by atoms with E-state index < -0.39 is 29.3 Å². The zero-order valence-corrected chi connectivity index (χ0v) is 11.2. The molecule has 2 N–H and O–H groups in total. The molecular weight excluding hydrogens is 274 g/mol. The number of hydrogen-bond donors (Lipinski definition) is 2. The number of rotatable bonds is 2. The second kappa shape index (κ2) is 5.61. The summed E-state index contributed by atoms with van der Waals surface area (Å²) >= 11 is 0. The first-order valence-electron chi connectivity index (χ1n) is 6.70. The van der Waals surface area contributed by atoms with Crippen molar-refractivity contribution in [3.8, 4) is 0 Å². The molecule has 1 atom stereocenters. The van der Waals surface area contributed by atoms with Gasteiger partial charge in [0.2, 0.25) is 5.91 Å². The lowest BCUT2D eigenvalue weighted by molar-refractivity contribution is -0.118. The van der Waals surface area contributed by atoms with Gasteiger partial charge in [-0.25, -0.2) is 8.78 Å². The Balaban J connectivity index is 1.76. The fraction of sp³-hybridized carbons (Fsp3) is 0.188. The van der Waals surface area contributed by atoms with Crippen molar-refractivity contribution in [1.82, 2.24) is 5.32 Å². The molecule has 21 heavy (non-hydrogen) atoms. The number of hydrogen-bond acceptors (Lipinski definition) is 2. The van der Waals surface area contributed by atoms with E-state index in [9.17, 15) is 13.6 Å². The van der Waals surface area contributed by atoms with Crippen LogP contribution in [0.1, 0.15) is 11.1 Å². The average Bonchev–Trinajstić information content (AvgIpc) is 2.50. The summed E-state index contributed by atoms with van der Waals surface area (Å²) in [7, 11) is 0. The lowest BCUT2D eigenvalue weighted by atomic mass is 9.95. The summed E-state index contributed by atoms with van der Waals surface area (Å²) in [4.78, 5) is 12.2. The minimum atomic E-state index is -0.778. The Kier molecular flexibility index (Phi) is 3.66. The molecule has 0 unspecified atom stereocenters.